The number of hydrogen-bond acceptors (Lipinski definition) is 3. The zero-order valence-corrected chi connectivity index (χ0v) is 7.37. The Morgan fingerprint density at radius 1 is 1.64 bits per heavy atom. The maximum atomic E-state index is 13.2. The highest BCUT2D eigenvalue weighted by atomic mass is 19.1. The van der Waals surface area contributed by atoms with E-state index < -0.39 is 11.7 Å². The average Bonchev–Trinajstić information content (AvgIpc) is 2.16. The number of methoxy groups -OCH3 is 1. The minimum absolute atomic E-state index is 0.0251. The van der Waals surface area contributed by atoms with Crippen molar-refractivity contribution in [2.75, 3.05) is 7.11 Å². The van der Waals surface area contributed by atoms with Crippen LogP contribution in [-0.4, -0.2) is 13.0 Å². The molecule has 0 fully saturated rings. The van der Waals surface area contributed by atoms with E-state index in [4.69, 9.17) is 11.0 Å². The van der Waals surface area contributed by atoms with Crippen molar-refractivity contribution in [3.8, 4) is 11.8 Å². The van der Waals surface area contributed by atoms with Crippen LogP contribution in [0.25, 0.3) is 0 Å². The van der Waals surface area contributed by atoms with Crippen molar-refractivity contribution < 1.29 is 13.9 Å². The van der Waals surface area contributed by atoms with Gasteiger partial charge in [-0.15, -0.1) is 0 Å². The number of nitriles is 1. The summed E-state index contributed by atoms with van der Waals surface area (Å²) in [6.07, 6.45) is 0. The number of benzene rings is 1. The molecule has 72 valence electrons. The highest BCUT2D eigenvalue weighted by Crippen LogP contribution is 2.23. The highest BCUT2D eigenvalue weighted by molar-refractivity contribution is 5.96. The zero-order chi connectivity index (χ0) is 10.7. The first-order valence-electron chi connectivity index (χ1n) is 3.67. The molecule has 0 saturated carbocycles. The summed E-state index contributed by atoms with van der Waals surface area (Å²) in [6, 6.07) is 3.87. The Kier molecular flexibility index (Phi) is 2.67. The molecule has 4 nitrogen and oxygen atoms in total. The Labute approximate surface area is 79.7 Å². The topological polar surface area (TPSA) is 76.1 Å². The number of ether oxygens (including phenoxy) is 1. The van der Waals surface area contributed by atoms with Crippen LogP contribution in [0.2, 0.25) is 0 Å². The first-order chi connectivity index (χ1) is 6.60. The monoisotopic (exact) mass is 194 g/mol. The van der Waals surface area contributed by atoms with Crippen molar-refractivity contribution in [3.05, 3.63) is 29.1 Å². The molecule has 0 aliphatic heterocycles. The van der Waals surface area contributed by atoms with E-state index in [-0.39, 0.29) is 16.9 Å². The summed E-state index contributed by atoms with van der Waals surface area (Å²) in [7, 11) is 1.22. The van der Waals surface area contributed by atoms with E-state index >= 15 is 0 Å². The number of nitrogens with two attached hydrogens (primary N) is 1. The molecule has 0 aromatic heterocycles. The fourth-order valence-corrected chi connectivity index (χ4v) is 1.05. The van der Waals surface area contributed by atoms with Crippen LogP contribution >= 0.6 is 0 Å². The lowest BCUT2D eigenvalue weighted by Crippen LogP contribution is -2.13. The van der Waals surface area contributed by atoms with Gasteiger partial charge in [-0.05, 0) is 12.1 Å². The van der Waals surface area contributed by atoms with E-state index in [2.05, 4.69) is 4.74 Å². The molecule has 5 heteroatoms. The molecule has 0 saturated heterocycles. The van der Waals surface area contributed by atoms with Gasteiger partial charge in [0.25, 0.3) is 5.91 Å². The van der Waals surface area contributed by atoms with Crippen molar-refractivity contribution in [2.24, 2.45) is 5.73 Å². The van der Waals surface area contributed by atoms with Crippen molar-refractivity contribution in [3.63, 3.8) is 0 Å². The Morgan fingerprint density at radius 3 is 2.71 bits per heavy atom. The second-order valence-corrected chi connectivity index (χ2v) is 2.51. The summed E-state index contributed by atoms with van der Waals surface area (Å²) < 4.78 is 17.8. The van der Waals surface area contributed by atoms with Crippen LogP contribution in [0.1, 0.15) is 15.9 Å². The van der Waals surface area contributed by atoms with E-state index in [1.807, 2.05) is 0 Å². The number of primary amides is 1. The molecule has 0 spiro atoms. The van der Waals surface area contributed by atoms with Gasteiger partial charge in [0.05, 0.1) is 24.3 Å². The Balaban J connectivity index is 3.45. The van der Waals surface area contributed by atoms with Crippen LogP contribution in [0.4, 0.5) is 4.39 Å². The molecule has 1 amide bonds. The third-order valence-corrected chi connectivity index (χ3v) is 1.64. The lowest BCUT2D eigenvalue weighted by molar-refractivity contribution is 0.0996. The molecule has 0 heterocycles. The molecule has 0 aliphatic carbocycles. The molecular weight excluding hydrogens is 187 g/mol. The first kappa shape index (κ1) is 9.99. The summed E-state index contributed by atoms with van der Waals surface area (Å²) >= 11 is 0. The van der Waals surface area contributed by atoms with E-state index in [1.165, 1.54) is 13.2 Å². The molecule has 14 heavy (non-hydrogen) atoms. The second kappa shape index (κ2) is 3.75. The van der Waals surface area contributed by atoms with Gasteiger partial charge in [0.2, 0.25) is 0 Å². The van der Waals surface area contributed by atoms with Crippen molar-refractivity contribution in [1.29, 1.82) is 5.26 Å². The van der Waals surface area contributed by atoms with Gasteiger partial charge in [0.15, 0.2) is 11.6 Å². The molecule has 1 aromatic rings. The SMILES string of the molecule is COc1c(F)cc(C#N)cc1C(N)=O. The second-order valence-electron chi connectivity index (χ2n) is 2.51. The lowest BCUT2D eigenvalue weighted by atomic mass is 10.1. The van der Waals surface area contributed by atoms with E-state index in [9.17, 15) is 9.18 Å². The third-order valence-electron chi connectivity index (χ3n) is 1.64. The largest absolute Gasteiger partial charge is 0.493 e. The number of amides is 1. The normalized spacial score (nSPS) is 9.21. The third kappa shape index (κ3) is 1.64. The van der Waals surface area contributed by atoms with E-state index in [0.29, 0.717) is 0 Å². The van der Waals surface area contributed by atoms with Crippen molar-refractivity contribution in [1.82, 2.24) is 0 Å². The number of rotatable bonds is 2. The van der Waals surface area contributed by atoms with Crippen LogP contribution in [-0.2, 0) is 0 Å². The van der Waals surface area contributed by atoms with Gasteiger partial charge in [0, 0.05) is 0 Å². The minimum atomic E-state index is -0.835. The molecule has 0 unspecified atom stereocenters. The van der Waals surface area contributed by atoms with Gasteiger partial charge in [-0.25, -0.2) is 4.39 Å². The number of halogens is 1. The van der Waals surface area contributed by atoms with E-state index in [1.54, 1.807) is 6.07 Å². The van der Waals surface area contributed by atoms with Gasteiger partial charge < -0.3 is 10.5 Å². The van der Waals surface area contributed by atoms with Crippen LogP contribution in [0.15, 0.2) is 12.1 Å². The summed E-state index contributed by atoms with van der Waals surface area (Å²) in [5, 5.41) is 8.52. The molecule has 0 atom stereocenters. The van der Waals surface area contributed by atoms with Crippen LogP contribution in [0, 0.1) is 17.1 Å². The quantitative estimate of drug-likeness (QED) is 0.756. The summed E-state index contributed by atoms with van der Waals surface area (Å²) in [5.74, 6) is -1.85. The number of carbonyl (C=O) groups is 1. The standard InChI is InChI=1S/C9H7FN2O2/c1-14-8-6(9(12)13)2-5(4-11)3-7(8)10/h2-3H,1H3,(H2,12,13). The van der Waals surface area contributed by atoms with Crippen LogP contribution < -0.4 is 10.5 Å². The van der Waals surface area contributed by atoms with Crippen LogP contribution in [0.3, 0.4) is 0 Å². The molecule has 1 rings (SSSR count). The van der Waals surface area contributed by atoms with Gasteiger partial charge in [-0.2, -0.15) is 5.26 Å². The van der Waals surface area contributed by atoms with Gasteiger partial charge in [-0.3, -0.25) is 4.79 Å². The van der Waals surface area contributed by atoms with Gasteiger partial charge in [0.1, 0.15) is 0 Å². The molecule has 0 radical (unpaired) electrons. The Morgan fingerprint density at radius 2 is 2.29 bits per heavy atom. The summed E-state index contributed by atoms with van der Waals surface area (Å²) in [6.45, 7) is 0. The molecule has 0 bridgehead atoms. The molecular formula is C9H7FN2O2. The van der Waals surface area contributed by atoms with Crippen molar-refractivity contribution >= 4 is 5.91 Å². The van der Waals surface area contributed by atoms with E-state index in [0.717, 1.165) is 6.07 Å². The average molecular weight is 194 g/mol. The number of hydrogen-bond donors (Lipinski definition) is 1. The maximum Gasteiger partial charge on any atom is 0.252 e. The zero-order valence-electron chi connectivity index (χ0n) is 7.37. The highest BCUT2D eigenvalue weighted by Gasteiger charge is 2.15. The van der Waals surface area contributed by atoms with Gasteiger partial charge in [-0.1, -0.05) is 0 Å². The van der Waals surface area contributed by atoms with Crippen LogP contribution in [0.5, 0.6) is 5.75 Å². The molecule has 2 N–H and O–H groups in total. The lowest BCUT2D eigenvalue weighted by Gasteiger charge is -2.06. The predicted octanol–water partition coefficient (Wildman–Crippen LogP) is 0.805. The number of nitrogens with zero attached hydrogens (tertiary/aromatic N) is 1. The van der Waals surface area contributed by atoms with Crippen molar-refractivity contribution in [2.45, 2.75) is 0 Å². The van der Waals surface area contributed by atoms with Gasteiger partial charge >= 0.3 is 0 Å². The fourth-order valence-electron chi connectivity index (χ4n) is 1.05. The first-order valence-corrected chi connectivity index (χ1v) is 3.67. The summed E-state index contributed by atoms with van der Waals surface area (Å²) in [4.78, 5) is 10.9. The number of carbonyl (C=O) groups excluding carboxylic acids is 1. The molecule has 0 aliphatic rings. The predicted molar refractivity (Wildman–Crippen MR) is 46.2 cm³/mol. The Hall–Kier alpha value is -2.09. The minimum Gasteiger partial charge on any atom is -0.493 e. The smallest absolute Gasteiger partial charge is 0.252 e. The fraction of sp³-hybridized carbons (Fsp3) is 0.111. The summed E-state index contributed by atoms with van der Waals surface area (Å²) in [5.41, 5.74) is 4.88. The molecule has 1 aromatic carbocycles. The Bertz CT molecular complexity index is 424. The maximum absolute atomic E-state index is 13.2.